The van der Waals surface area contributed by atoms with Crippen molar-refractivity contribution >= 4 is 33.5 Å². The summed E-state index contributed by atoms with van der Waals surface area (Å²) in [6.45, 7) is 4.26. The average molecular weight is 795 g/mol. The van der Waals surface area contributed by atoms with Crippen LogP contribution in [0.5, 0.6) is 0 Å². The number of benzene rings is 6. The zero-order chi connectivity index (χ0) is 42.5. The number of fused-ring (bicyclic) bond motifs is 2. The SMILES string of the molecule is Cc1cc(CCC(c2ccc(F)c(F)c2)N(C)C)cc2ccccc12.Cc1cc(CCC(c2ccc(F)c(F)c2)N(C)C)cc2ccccc12.O=C(O)/C=C\C(=O)O. The molecular formula is C48H50F4N2O4. The lowest BCUT2D eigenvalue weighted by Gasteiger charge is -2.25. The standard InChI is InChI=1S/2C22H23F2N.C4H4O4/c2*1-15-12-16(13-17-6-4-5-7-19(15)17)8-11-22(25(2)3)18-9-10-20(23)21(24)14-18;5-3(6)1-2-4(7)8/h2*4-7,9-10,12-14,22H,8,11H2,1-3H3;1-2H,(H,5,6)(H,7,8)/b;;2-1-. The van der Waals surface area contributed by atoms with Gasteiger partial charge in [0, 0.05) is 24.2 Å². The van der Waals surface area contributed by atoms with Crippen molar-refractivity contribution in [3.63, 3.8) is 0 Å². The molecule has 10 heteroatoms. The second-order valence-electron chi connectivity index (χ2n) is 14.7. The van der Waals surface area contributed by atoms with Crippen LogP contribution in [0.1, 0.15) is 58.3 Å². The highest BCUT2D eigenvalue weighted by atomic mass is 19.2. The van der Waals surface area contributed by atoms with Gasteiger partial charge in [0.2, 0.25) is 0 Å². The Kier molecular flexibility index (Phi) is 16.3. The van der Waals surface area contributed by atoms with Gasteiger partial charge in [0.05, 0.1) is 0 Å². The monoisotopic (exact) mass is 794 g/mol. The maximum Gasteiger partial charge on any atom is 0.328 e. The molecule has 2 atom stereocenters. The van der Waals surface area contributed by atoms with Crippen LogP contribution < -0.4 is 0 Å². The molecule has 6 aromatic carbocycles. The van der Waals surface area contributed by atoms with E-state index in [0.29, 0.717) is 12.2 Å². The Labute approximate surface area is 337 Å². The molecule has 0 saturated carbocycles. The largest absolute Gasteiger partial charge is 0.478 e. The van der Waals surface area contributed by atoms with Gasteiger partial charge in [-0.15, -0.1) is 0 Å². The molecule has 0 fully saturated rings. The molecule has 0 saturated heterocycles. The summed E-state index contributed by atoms with van der Waals surface area (Å²) in [5.74, 6) is -5.69. The van der Waals surface area contributed by atoms with Crippen molar-refractivity contribution < 1.29 is 37.4 Å². The minimum atomic E-state index is -1.26. The second-order valence-corrected chi connectivity index (χ2v) is 14.7. The first-order valence-electron chi connectivity index (χ1n) is 18.9. The summed E-state index contributed by atoms with van der Waals surface area (Å²) in [6.07, 6.45) is 4.57. The third-order valence-electron chi connectivity index (χ3n) is 9.94. The molecule has 58 heavy (non-hydrogen) atoms. The van der Waals surface area contributed by atoms with E-state index in [2.05, 4.69) is 96.4 Å². The maximum absolute atomic E-state index is 13.6. The van der Waals surface area contributed by atoms with Crippen molar-refractivity contribution in [2.24, 2.45) is 0 Å². The predicted octanol–water partition coefficient (Wildman–Crippen LogP) is 11.0. The summed E-state index contributed by atoms with van der Waals surface area (Å²) < 4.78 is 53.6. The molecule has 0 aliphatic carbocycles. The molecule has 0 amide bonds. The number of hydrogen-bond donors (Lipinski definition) is 2. The van der Waals surface area contributed by atoms with Crippen LogP contribution in [-0.2, 0) is 22.4 Å². The van der Waals surface area contributed by atoms with Gasteiger partial charge in [0.25, 0.3) is 0 Å². The highest BCUT2D eigenvalue weighted by Crippen LogP contribution is 2.29. The number of aryl methyl sites for hydroxylation is 4. The fraction of sp³-hybridized carbons (Fsp3) is 0.250. The zero-order valence-corrected chi connectivity index (χ0v) is 33.6. The van der Waals surface area contributed by atoms with Crippen molar-refractivity contribution in [3.05, 3.63) is 178 Å². The van der Waals surface area contributed by atoms with Crippen LogP contribution in [-0.4, -0.2) is 60.1 Å². The molecule has 0 aliphatic rings. The number of halogens is 4. The third-order valence-corrected chi connectivity index (χ3v) is 9.94. The lowest BCUT2D eigenvalue weighted by Crippen LogP contribution is -2.21. The minimum Gasteiger partial charge on any atom is -0.478 e. The van der Waals surface area contributed by atoms with Gasteiger partial charge in [-0.3, -0.25) is 0 Å². The van der Waals surface area contributed by atoms with E-state index in [0.717, 1.165) is 36.8 Å². The van der Waals surface area contributed by atoms with E-state index < -0.39 is 35.2 Å². The summed E-state index contributed by atoms with van der Waals surface area (Å²) in [5.41, 5.74) is 6.68. The van der Waals surface area contributed by atoms with Crippen LogP contribution in [0.2, 0.25) is 0 Å². The quantitative estimate of drug-likeness (QED) is 0.0949. The van der Waals surface area contributed by atoms with E-state index >= 15 is 0 Å². The van der Waals surface area contributed by atoms with Crippen molar-refractivity contribution in [2.75, 3.05) is 28.2 Å². The highest BCUT2D eigenvalue weighted by molar-refractivity contribution is 5.89. The predicted molar refractivity (Wildman–Crippen MR) is 224 cm³/mol. The smallest absolute Gasteiger partial charge is 0.328 e. The Morgan fingerprint density at radius 2 is 0.897 bits per heavy atom. The molecule has 0 bridgehead atoms. The molecule has 0 aromatic heterocycles. The van der Waals surface area contributed by atoms with Crippen LogP contribution in [0, 0.1) is 37.1 Å². The molecule has 6 aromatic rings. The van der Waals surface area contributed by atoms with Crippen LogP contribution in [0.15, 0.2) is 121 Å². The summed E-state index contributed by atoms with van der Waals surface area (Å²) in [5, 5.41) is 20.7. The van der Waals surface area contributed by atoms with Crippen LogP contribution in [0.25, 0.3) is 21.5 Å². The van der Waals surface area contributed by atoms with E-state index in [1.165, 1.54) is 68.1 Å². The Morgan fingerprint density at radius 3 is 1.22 bits per heavy atom. The first-order valence-corrected chi connectivity index (χ1v) is 18.9. The Morgan fingerprint density at radius 1 is 0.534 bits per heavy atom. The van der Waals surface area contributed by atoms with Crippen molar-refractivity contribution in [1.29, 1.82) is 0 Å². The first kappa shape index (κ1) is 44.9. The van der Waals surface area contributed by atoms with Crippen LogP contribution in [0.4, 0.5) is 17.6 Å². The lowest BCUT2D eigenvalue weighted by atomic mass is 9.95. The van der Waals surface area contributed by atoms with E-state index in [4.69, 9.17) is 10.2 Å². The molecule has 0 aliphatic heterocycles. The van der Waals surface area contributed by atoms with Gasteiger partial charge in [0.1, 0.15) is 0 Å². The summed E-state index contributed by atoms with van der Waals surface area (Å²) >= 11 is 0. The van der Waals surface area contributed by atoms with Crippen LogP contribution >= 0.6 is 0 Å². The Hall–Kier alpha value is -5.84. The molecule has 6 rings (SSSR count). The van der Waals surface area contributed by atoms with Crippen LogP contribution in [0.3, 0.4) is 0 Å². The van der Waals surface area contributed by atoms with Gasteiger partial charge in [-0.05, 0) is 147 Å². The topological polar surface area (TPSA) is 81.1 Å². The molecular weight excluding hydrogens is 745 g/mol. The van der Waals surface area contributed by atoms with Gasteiger partial charge in [-0.2, -0.15) is 0 Å². The molecule has 0 heterocycles. The Balaban J connectivity index is 0.000000217. The maximum atomic E-state index is 13.6. The molecule has 0 radical (unpaired) electrons. The Bertz CT molecular complexity index is 2210. The second kappa shape index (κ2) is 21.1. The fourth-order valence-electron chi connectivity index (χ4n) is 7.08. The van der Waals surface area contributed by atoms with E-state index in [1.54, 1.807) is 12.1 Å². The lowest BCUT2D eigenvalue weighted by molar-refractivity contribution is -0.134. The number of hydrogen-bond acceptors (Lipinski definition) is 4. The average Bonchev–Trinajstić information content (AvgIpc) is 3.17. The molecule has 6 nitrogen and oxygen atoms in total. The van der Waals surface area contributed by atoms with Gasteiger partial charge < -0.3 is 20.0 Å². The number of carboxylic acids is 2. The number of carbonyl (C=O) groups is 2. The molecule has 304 valence electrons. The normalized spacial score (nSPS) is 12.3. The molecule has 0 spiro atoms. The highest BCUT2D eigenvalue weighted by Gasteiger charge is 2.18. The number of carboxylic acid groups (broad SMARTS) is 2. The number of nitrogens with zero attached hydrogens (tertiary/aromatic N) is 2. The van der Waals surface area contributed by atoms with Gasteiger partial charge in [-0.25, -0.2) is 27.2 Å². The van der Waals surface area contributed by atoms with Crippen molar-refractivity contribution in [2.45, 2.75) is 51.6 Å². The first-order chi connectivity index (χ1) is 27.5. The zero-order valence-electron chi connectivity index (χ0n) is 33.6. The van der Waals surface area contributed by atoms with E-state index in [-0.39, 0.29) is 12.1 Å². The van der Waals surface area contributed by atoms with Crippen molar-refractivity contribution in [3.8, 4) is 0 Å². The number of aliphatic carboxylic acids is 2. The molecule has 2 N–H and O–H groups in total. The van der Waals surface area contributed by atoms with Gasteiger partial charge in [-0.1, -0.05) is 84.9 Å². The fourth-order valence-corrected chi connectivity index (χ4v) is 7.08. The van der Waals surface area contributed by atoms with Gasteiger partial charge in [0.15, 0.2) is 23.3 Å². The van der Waals surface area contributed by atoms with E-state index in [9.17, 15) is 27.2 Å². The number of rotatable bonds is 12. The summed E-state index contributed by atoms with van der Waals surface area (Å²) in [7, 11) is 7.88. The summed E-state index contributed by atoms with van der Waals surface area (Å²) in [6, 6.07) is 34.1. The van der Waals surface area contributed by atoms with Crippen molar-refractivity contribution in [1.82, 2.24) is 9.80 Å². The molecule has 2 unspecified atom stereocenters. The van der Waals surface area contributed by atoms with E-state index in [1.807, 2.05) is 28.2 Å². The van der Waals surface area contributed by atoms with Gasteiger partial charge >= 0.3 is 11.9 Å². The third kappa shape index (κ3) is 12.8. The summed E-state index contributed by atoms with van der Waals surface area (Å²) in [4.78, 5) is 23.2. The minimum absolute atomic E-state index is 0.0434.